The summed E-state index contributed by atoms with van der Waals surface area (Å²) in [5, 5.41) is 11.8. The number of carbonyl (C=O) groups is 1. The second-order valence-electron chi connectivity index (χ2n) is 4.15. The van der Waals surface area contributed by atoms with Crippen molar-refractivity contribution in [3.8, 4) is 0 Å². The van der Waals surface area contributed by atoms with E-state index in [0.717, 1.165) is 11.6 Å². The summed E-state index contributed by atoms with van der Waals surface area (Å²) < 4.78 is 13.6. The average Bonchev–Trinajstić information content (AvgIpc) is 2.42. The van der Waals surface area contributed by atoms with Crippen molar-refractivity contribution in [1.29, 1.82) is 0 Å². The highest BCUT2D eigenvalue weighted by Gasteiger charge is 2.11. The summed E-state index contributed by atoms with van der Waals surface area (Å²) in [7, 11) is 0. The Bertz CT molecular complexity index is 587. The molecule has 0 saturated carbocycles. The lowest BCUT2D eigenvalue weighted by atomic mass is 10.1. The lowest BCUT2D eigenvalue weighted by molar-refractivity contribution is 0.0697. The number of nitrogens with zero attached hydrogens (tertiary/aromatic N) is 1. The van der Waals surface area contributed by atoms with Crippen LogP contribution < -0.4 is 5.32 Å². The fourth-order valence-electron chi connectivity index (χ4n) is 1.72. The van der Waals surface area contributed by atoms with E-state index in [0.29, 0.717) is 0 Å². The molecule has 0 aliphatic rings. The number of carboxylic acid groups (broad SMARTS) is 1. The molecule has 0 bridgehead atoms. The third kappa shape index (κ3) is 3.07. The summed E-state index contributed by atoms with van der Waals surface area (Å²) in [4.78, 5) is 14.8. The van der Waals surface area contributed by atoms with Gasteiger partial charge in [0.25, 0.3) is 0 Å². The zero-order chi connectivity index (χ0) is 13.8. The van der Waals surface area contributed by atoms with Crippen molar-refractivity contribution in [2.24, 2.45) is 0 Å². The normalized spacial score (nSPS) is 11.9. The smallest absolute Gasteiger partial charge is 0.335 e. The van der Waals surface area contributed by atoms with Crippen LogP contribution in [0, 0.1) is 5.82 Å². The third-order valence-electron chi connectivity index (χ3n) is 2.77. The minimum absolute atomic E-state index is 0.0438. The number of aromatic carboxylic acids is 1. The topological polar surface area (TPSA) is 62.2 Å². The number of rotatable bonds is 4. The molecule has 2 aromatic rings. The Balaban J connectivity index is 2.23. The maximum atomic E-state index is 13.6. The quantitative estimate of drug-likeness (QED) is 0.886. The first-order valence-electron chi connectivity index (χ1n) is 5.77. The van der Waals surface area contributed by atoms with E-state index in [2.05, 4.69) is 10.3 Å². The van der Waals surface area contributed by atoms with Gasteiger partial charge in [0.1, 0.15) is 5.82 Å². The van der Waals surface area contributed by atoms with Crippen LogP contribution in [0.4, 0.5) is 10.1 Å². The highest BCUT2D eigenvalue weighted by Crippen LogP contribution is 2.22. The van der Waals surface area contributed by atoms with Gasteiger partial charge in [0, 0.05) is 12.4 Å². The maximum Gasteiger partial charge on any atom is 0.335 e. The number of halogens is 1. The first-order valence-corrected chi connectivity index (χ1v) is 5.77. The molecule has 2 rings (SSSR count). The molecule has 0 fully saturated rings. The molecule has 4 nitrogen and oxygen atoms in total. The van der Waals surface area contributed by atoms with E-state index in [1.807, 2.05) is 13.0 Å². The first-order chi connectivity index (χ1) is 9.08. The first kappa shape index (κ1) is 13.0. The minimum atomic E-state index is -1.09. The van der Waals surface area contributed by atoms with Crippen molar-refractivity contribution < 1.29 is 14.3 Å². The summed E-state index contributed by atoms with van der Waals surface area (Å²) in [6, 6.07) is 7.14. The van der Waals surface area contributed by atoms with E-state index < -0.39 is 11.8 Å². The Morgan fingerprint density at radius 1 is 1.42 bits per heavy atom. The molecule has 1 atom stereocenters. The molecule has 0 spiro atoms. The molecule has 1 unspecified atom stereocenters. The van der Waals surface area contributed by atoms with E-state index in [4.69, 9.17) is 5.11 Å². The SMILES string of the molecule is CC(Nc1cc(C(=O)O)ccc1F)c1cccnc1. The molecular formula is C14H13FN2O2. The molecule has 1 heterocycles. The molecule has 5 heteroatoms. The van der Waals surface area contributed by atoms with E-state index in [1.165, 1.54) is 12.1 Å². The molecule has 1 aromatic heterocycles. The van der Waals surface area contributed by atoms with Gasteiger partial charge >= 0.3 is 5.97 Å². The maximum absolute atomic E-state index is 13.6. The fourth-order valence-corrected chi connectivity index (χ4v) is 1.72. The van der Waals surface area contributed by atoms with Crippen LogP contribution in [0.25, 0.3) is 0 Å². The predicted octanol–water partition coefficient (Wildman–Crippen LogP) is 3.09. The highest BCUT2D eigenvalue weighted by molar-refractivity contribution is 5.88. The van der Waals surface area contributed by atoms with Crippen molar-refractivity contribution in [3.05, 3.63) is 59.7 Å². The molecule has 19 heavy (non-hydrogen) atoms. The number of aromatic nitrogens is 1. The Labute approximate surface area is 109 Å². The van der Waals surface area contributed by atoms with Gasteiger partial charge in [0.2, 0.25) is 0 Å². The summed E-state index contributed by atoms with van der Waals surface area (Å²) in [5.41, 5.74) is 1.10. The van der Waals surface area contributed by atoms with Crippen LogP contribution in [-0.2, 0) is 0 Å². The lowest BCUT2D eigenvalue weighted by Crippen LogP contribution is -2.09. The van der Waals surface area contributed by atoms with Crippen LogP contribution in [0.5, 0.6) is 0 Å². The van der Waals surface area contributed by atoms with Gasteiger partial charge in [0.05, 0.1) is 17.3 Å². The van der Waals surface area contributed by atoms with Crippen molar-refractivity contribution in [1.82, 2.24) is 4.98 Å². The van der Waals surface area contributed by atoms with Gasteiger partial charge in [-0.25, -0.2) is 9.18 Å². The van der Waals surface area contributed by atoms with Crippen LogP contribution >= 0.6 is 0 Å². The fraction of sp³-hybridized carbons (Fsp3) is 0.143. The molecule has 1 aromatic carbocycles. The van der Waals surface area contributed by atoms with E-state index in [-0.39, 0.29) is 17.3 Å². The molecule has 0 aliphatic heterocycles. The van der Waals surface area contributed by atoms with Crippen LogP contribution in [0.3, 0.4) is 0 Å². The van der Waals surface area contributed by atoms with Crippen LogP contribution in [-0.4, -0.2) is 16.1 Å². The zero-order valence-electron chi connectivity index (χ0n) is 10.3. The second kappa shape index (κ2) is 5.48. The summed E-state index contributed by atoms with van der Waals surface area (Å²) in [6.07, 6.45) is 3.33. The van der Waals surface area contributed by atoms with E-state index in [9.17, 15) is 9.18 Å². The summed E-state index contributed by atoms with van der Waals surface area (Å²) in [6.45, 7) is 1.85. The molecule has 2 N–H and O–H groups in total. The zero-order valence-corrected chi connectivity index (χ0v) is 10.3. The molecule has 98 valence electrons. The lowest BCUT2D eigenvalue weighted by Gasteiger charge is -2.16. The molecule has 0 saturated heterocycles. The number of hydrogen-bond donors (Lipinski definition) is 2. The predicted molar refractivity (Wildman–Crippen MR) is 69.6 cm³/mol. The van der Waals surface area contributed by atoms with Gasteiger partial charge < -0.3 is 10.4 Å². The van der Waals surface area contributed by atoms with Crippen molar-refractivity contribution in [3.63, 3.8) is 0 Å². The molecule has 0 aliphatic carbocycles. The Morgan fingerprint density at radius 3 is 2.84 bits per heavy atom. The van der Waals surface area contributed by atoms with Gasteiger partial charge in [-0.15, -0.1) is 0 Å². The third-order valence-corrected chi connectivity index (χ3v) is 2.77. The standard InChI is InChI=1S/C14H13FN2O2/c1-9(11-3-2-6-16-8-11)17-13-7-10(14(18)19)4-5-12(13)15/h2-9,17H,1H3,(H,18,19). The van der Waals surface area contributed by atoms with Crippen molar-refractivity contribution >= 4 is 11.7 Å². The number of nitrogens with one attached hydrogen (secondary N) is 1. The number of benzene rings is 1. The monoisotopic (exact) mass is 260 g/mol. The van der Waals surface area contributed by atoms with Gasteiger partial charge in [0.15, 0.2) is 0 Å². The average molecular weight is 260 g/mol. The van der Waals surface area contributed by atoms with E-state index in [1.54, 1.807) is 18.5 Å². The van der Waals surface area contributed by atoms with Gasteiger partial charge in [-0.1, -0.05) is 6.07 Å². The number of anilines is 1. The van der Waals surface area contributed by atoms with Gasteiger partial charge in [-0.3, -0.25) is 4.98 Å². The van der Waals surface area contributed by atoms with Crippen molar-refractivity contribution in [2.75, 3.05) is 5.32 Å². The Hall–Kier alpha value is -2.43. The number of carboxylic acids is 1. The summed E-state index contributed by atoms with van der Waals surface area (Å²) >= 11 is 0. The van der Waals surface area contributed by atoms with Crippen LogP contribution in [0.1, 0.15) is 28.9 Å². The largest absolute Gasteiger partial charge is 0.478 e. The Morgan fingerprint density at radius 2 is 2.21 bits per heavy atom. The minimum Gasteiger partial charge on any atom is -0.478 e. The molecule has 0 radical (unpaired) electrons. The Kier molecular flexibility index (Phi) is 3.75. The van der Waals surface area contributed by atoms with Crippen LogP contribution in [0.15, 0.2) is 42.7 Å². The van der Waals surface area contributed by atoms with Gasteiger partial charge in [-0.2, -0.15) is 0 Å². The van der Waals surface area contributed by atoms with Crippen molar-refractivity contribution in [2.45, 2.75) is 13.0 Å². The van der Waals surface area contributed by atoms with Crippen LogP contribution in [0.2, 0.25) is 0 Å². The molecular weight excluding hydrogens is 247 g/mol. The number of hydrogen-bond acceptors (Lipinski definition) is 3. The molecule has 0 amide bonds. The summed E-state index contributed by atoms with van der Waals surface area (Å²) in [5.74, 6) is -1.57. The van der Waals surface area contributed by atoms with E-state index >= 15 is 0 Å². The second-order valence-corrected chi connectivity index (χ2v) is 4.15. The highest BCUT2D eigenvalue weighted by atomic mass is 19.1. The number of pyridine rings is 1. The van der Waals surface area contributed by atoms with Gasteiger partial charge in [-0.05, 0) is 36.8 Å².